The van der Waals surface area contributed by atoms with Gasteiger partial charge in [0.15, 0.2) is 11.6 Å². The molecule has 0 unspecified atom stereocenters. The lowest BCUT2D eigenvalue weighted by Crippen LogP contribution is -1.92. The molecular formula is C10H7F2N3S. The van der Waals surface area contributed by atoms with Crippen LogP contribution in [0.4, 0.5) is 14.6 Å². The maximum absolute atomic E-state index is 12.9. The van der Waals surface area contributed by atoms with Crippen LogP contribution in [-0.2, 0) is 0 Å². The van der Waals surface area contributed by atoms with Crippen LogP contribution in [0.25, 0.3) is 0 Å². The molecule has 0 aliphatic heterocycles. The zero-order chi connectivity index (χ0) is 11.5. The van der Waals surface area contributed by atoms with Gasteiger partial charge < -0.3 is 5.73 Å². The van der Waals surface area contributed by atoms with E-state index < -0.39 is 11.6 Å². The van der Waals surface area contributed by atoms with Crippen LogP contribution in [0, 0.1) is 11.6 Å². The summed E-state index contributed by atoms with van der Waals surface area (Å²) in [4.78, 5) is 8.37. The van der Waals surface area contributed by atoms with Gasteiger partial charge in [-0.1, -0.05) is 11.8 Å². The number of nitrogens with two attached hydrogens (primary N) is 1. The monoisotopic (exact) mass is 239 g/mol. The van der Waals surface area contributed by atoms with Gasteiger partial charge in [0.1, 0.15) is 10.8 Å². The van der Waals surface area contributed by atoms with Gasteiger partial charge in [-0.05, 0) is 18.2 Å². The first kappa shape index (κ1) is 10.8. The highest BCUT2D eigenvalue weighted by molar-refractivity contribution is 7.99. The highest BCUT2D eigenvalue weighted by Crippen LogP contribution is 2.26. The summed E-state index contributed by atoms with van der Waals surface area (Å²) in [5, 5.41) is 0.533. The van der Waals surface area contributed by atoms with Crippen molar-refractivity contribution >= 4 is 17.6 Å². The molecule has 0 aliphatic carbocycles. The molecule has 1 aromatic heterocycles. The van der Waals surface area contributed by atoms with Crippen molar-refractivity contribution in [2.75, 3.05) is 5.73 Å². The Morgan fingerprint density at radius 3 is 2.62 bits per heavy atom. The van der Waals surface area contributed by atoms with E-state index in [0.29, 0.717) is 9.92 Å². The average Bonchev–Trinajstić information content (AvgIpc) is 2.24. The van der Waals surface area contributed by atoms with E-state index in [1.165, 1.54) is 18.5 Å². The minimum atomic E-state index is -0.887. The maximum atomic E-state index is 12.9. The van der Waals surface area contributed by atoms with E-state index in [-0.39, 0.29) is 5.82 Å². The maximum Gasteiger partial charge on any atom is 0.159 e. The second-order valence-corrected chi connectivity index (χ2v) is 4.05. The van der Waals surface area contributed by atoms with Crippen LogP contribution in [-0.4, -0.2) is 9.97 Å². The van der Waals surface area contributed by atoms with Crippen molar-refractivity contribution in [3.05, 3.63) is 42.2 Å². The fourth-order valence-electron chi connectivity index (χ4n) is 1.07. The SMILES string of the molecule is Nc1cncc(Sc2ccc(F)c(F)c2)n1. The number of halogens is 2. The molecule has 2 aromatic rings. The van der Waals surface area contributed by atoms with Gasteiger partial charge in [0.25, 0.3) is 0 Å². The van der Waals surface area contributed by atoms with Gasteiger partial charge in [-0.25, -0.2) is 13.8 Å². The number of benzene rings is 1. The largest absolute Gasteiger partial charge is 0.382 e. The van der Waals surface area contributed by atoms with Crippen LogP contribution in [0.15, 0.2) is 40.5 Å². The molecule has 0 radical (unpaired) electrons. The van der Waals surface area contributed by atoms with Crippen molar-refractivity contribution in [3.8, 4) is 0 Å². The molecule has 1 aromatic carbocycles. The molecule has 0 bridgehead atoms. The fourth-order valence-corrected chi connectivity index (χ4v) is 1.88. The van der Waals surface area contributed by atoms with Crippen molar-refractivity contribution in [2.45, 2.75) is 9.92 Å². The van der Waals surface area contributed by atoms with Gasteiger partial charge in [0, 0.05) is 4.90 Å². The summed E-state index contributed by atoms with van der Waals surface area (Å²) in [6, 6.07) is 3.64. The van der Waals surface area contributed by atoms with E-state index in [9.17, 15) is 8.78 Å². The smallest absolute Gasteiger partial charge is 0.159 e. The fraction of sp³-hybridized carbons (Fsp3) is 0. The van der Waals surface area contributed by atoms with Gasteiger partial charge in [0.2, 0.25) is 0 Å². The van der Waals surface area contributed by atoms with Crippen molar-refractivity contribution in [1.82, 2.24) is 9.97 Å². The van der Waals surface area contributed by atoms with Crippen LogP contribution >= 0.6 is 11.8 Å². The highest BCUT2D eigenvalue weighted by atomic mass is 32.2. The molecule has 0 amide bonds. The Kier molecular flexibility index (Phi) is 3.00. The van der Waals surface area contributed by atoms with E-state index in [0.717, 1.165) is 23.9 Å². The molecule has 16 heavy (non-hydrogen) atoms. The molecule has 0 aliphatic rings. The van der Waals surface area contributed by atoms with Crippen LogP contribution in [0.1, 0.15) is 0 Å². The number of nitrogen functional groups attached to an aromatic ring is 1. The van der Waals surface area contributed by atoms with E-state index in [1.807, 2.05) is 0 Å². The van der Waals surface area contributed by atoms with Gasteiger partial charge in [-0.2, -0.15) is 0 Å². The van der Waals surface area contributed by atoms with Crippen LogP contribution in [0.2, 0.25) is 0 Å². The molecule has 0 atom stereocenters. The second-order valence-electron chi connectivity index (χ2n) is 2.96. The normalized spacial score (nSPS) is 10.4. The van der Waals surface area contributed by atoms with Crippen LogP contribution < -0.4 is 5.73 Å². The molecule has 0 saturated carbocycles. The molecule has 2 N–H and O–H groups in total. The molecule has 0 fully saturated rings. The van der Waals surface area contributed by atoms with E-state index in [2.05, 4.69) is 9.97 Å². The van der Waals surface area contributed by atoms with Crippen molar-refractivity contribution in [2.24, 2.45) is 0 Å². The highest BCUT2D eigenvalue weighted by Gasteiger charge is 2.05. The summed E-state index contributed by atoms with van der Waals surface area (Å²) in [5.74, 6) is -1.47. The molecule has 82 valence electrons. The Balaban J connectivity index is 2.24. The lowest BCUT2D eigenvalue weighted by molar-refractivity contribution is 0.506. The zero-order valence-electron chi connectivity index (χ0n) is 8.02. The molecule has 3 nitrogen and oxygen atoms in total. The molecule has 0 spiro atoms. The Hall–Kier alpha value is -1.69. The summed E-state index contributed by atoms with van der Waals surface area (Å²) in [6.07, 6.45) is 2.91. The second kappa shape index (κ2) is 4.44. The van der Waals surface area contributed by atoms with Crippen LogP contribution in [0.5, 0.6) is 0 Å². The Morgan fingerprint density at radius 1 is 1.12 bits per heavy atom. The molecule has 1 heterocycles. The standard InChI is InChI=1S/C10H7F2N3S/c11-7-2-1-6(3-8(7)12)16-10-5-14-4-9(13)15-10/h1-5H,(H2,13,15). The summed E-state index contributed by atoms with van der Waals surface area (Å²) >= 11 is 1.16. The number of aromatic nitrogens is 2. The van der Waals surface area contributed by atoms with E-state index >= 15 is 0 Å². The average molecular weight is 239 g/mol. The minimum absolute atomic E-state index is 0.285. The number of hydrogen-bond acceptors (Lipinski definition) is 4. The van der Waals surface area contributed by atoms with Gasteiger partial charge in [-0.15, -0.1) is 0 Å². The third-order valence-electron chi connectivity index (χ3n) is 1.74. The van der Waals surface area contributed by atoms with Crippen molar-refractivity contribution in [3.63, 3.8) is 0 Å². The third kappa shape index (κ3) is 2.46. The number of rotatable bonds is 2. The predicted octanol–water partition coefficient (Wildman–Crippen LogP) is 2.49. The molecule has 0 saturated heterocycles. The number of nitrogens with zero attached hydrogens (tertiary/aromatic N) is 2. The first-order chi connectivity index (χ1) is 7.65. The third-order valence-corrected chi connectivity index (χ3v) is 2.64. The Morgan fingerprint density at radius 2 is 1.94 bits per heavy atom. The van der Waals surface area contributed by atoms with E-state index in [4.69, 9.17) is 5.73 Å². The van der Waals surface area contributed by atoms with E-state index in [1.54, 1.807) is 0 Å². The van der Waals surface area contributed by atoms with Crippen molar-refractivity contribution in [1.29, 1.82) is 0 Å². The van der Waals surface area contributed by atoms with Gasteiger partial charge in [0.05, 0.1) is 12.4 Å². The molecule has 6 heteroatoms. The lowest BCUT2D eigenvalue weighted by atomic mass is 10.3. The summed E-state index contributed by atoms with van der Waals surface area (Å²) in [6.45, 7) is 0. The number of anilines is 1. The molecule has 2 rings (SSSR count). The Labute approximate surface area is 94.7 Å². The lowest BCUT2D eigenvalue weighted by Gasteiger charge is -2.01. The molecular weight excluding hydrogens is 232 g/mol. The first-order valence-corrected chi connectivity index (χ1v) is 5.17. The Bertz CT molecular complexity index is 519. The predicted molar refractivity (Wildman–Crippen MR) is 56.9 cm³/mol. The first-order valence-electron chi connectivity index (χ1n) is 4.35. The van der Waals surface area contributed by atoms with Crippen LogP contribution in [0.3, 0.4) is 0 Å². The summed E-state index contributed by atoms with van der Waals surface area (Å²) in [7, 11) is 0. The summed E-state index contributed by atoms with van der Waals surface area (Å²) < 4.78 is 25.6. The topological polar surface area (TPSA) is 51.8 Å². The number of hydrogen-bond donors (Lipinski definition) is 1. The quantitative estimate of drug-likeness (QED) is 0.874. The van der Waals surface area contributed by atoms with Crippen molar-refractivity contribution < 1.29 is 8.78 Å². The van der Waals surface area contributed by atoms with Gasteiger partial charge >= 0.3 is 0 Å². The summed E-state index contributed by atoms with van der Waals surface area (Å²) in [5.41, 5.74) is 5.45. The zero-order valence-corrected chi connectivity index (χ0v) is 8.84. The minimum Gasteiger partial charge on any atom is -0.382 e. The van der Waals surface area contributed by atoms with Gasteiger partial charge in [-0.3, -0.25) is 4.98 Å².